The Labute approximate surface area is 203 Å². The summed E-state index contributed by atoms with van der Waals surface area (Å²) in [5, 5.41) is 2.83. The highest BCUT2D eigenvalue weighted by molar-refractivity contribution is 6.05. The molecule has 0 saturated carbocycles. The molecule has 1 aliphatic rings. The molecule has 5 rings (SSSR count). The van der Waals surface area contributed by atoms with Gasteiger partial charge in [-0.3, -0.25) is 9.59 Å². The second-order valence-corrected chi connectivity index (χ2v) is 8.32. The number of para-hydroxylation sites is 2. The zero-order chi connectivity index (χ0) is 24.4. The van der Waals surface area contributed by atoms with Gasteiger partial charge in [0.2, 0.25) is 5.88 Å². The molecule has 0 radical (unpaired) electrons. The smallest absolute Gasteiger partial charge is 0.255 e. The Morgan fingerprint density at radius 2 is 1.77 bits per heavy atom. The maximum Gasteiger partial charge on any atom is 0.255 e. The van der Waals surface area contributed by atoms with Gasteiger partial charge in [0.1, 0.15) is 0 Å². The predicted octanol–water partition coefficient (Wildman–Crippen LogP) is 4.75. The van der Waals surface area contributed by atoms with E-state index in [4.69, 9.17) is 10.5 Å². The number of aromatic nitrogens is 1. The fraction of sp³-hybridized carbons (Fsp3) is 0.107. The molecule has 0 atom stereocenters. The first-order valence-corrected chi connectivity index (χ1v) is 11.2. The van der Waals surface area contributed by atoms with E-state index >= 15 is 0 Å². The van der Waals surface area contributed by atoms with E-state index in [1.165, 1.54) is 0 Å². The summed E-state index contributed by atoms with van der Waals surface area (Å²) in [7, 11) is 1.58. The van der Waals surface area contributed by atoms with Crippen LogP contribution in [0, 0.1) is 0 Å². The summed E-state index contributed by atoms with van der Waals surface area (Å²) in [5.74, 6) is 0.296. The van der Waals surface area contributed by atoms with Crippen LogP contribution < -0.4 is 15.8 Å². The first-order chi connectivity index (χ1) is 17.0. The Bertz CT molecular complexity index is 1400. The normalized spacial score (nSPS) is 12.4. The van der Waals surface area contributed by atoms with Crippen molar-refractivity contribution < 1.29 is 14.3 Å². The van der Waals surface area contributed by atoms with Crippen LogP contribution in [0.4, 0.5) is 11.4 Å². The van der Waals surface area contributed by atoms with E-state index in [0.717, 1.165) is 22.3 Å². The van der Waals surface area contributed by atoms with Gasteiger partial charge in [0, 0.05) is 42.0 Å². The van der Waals surface area contributed by atoms with Gasteiger partial charge in [-0.05, 0) is 53.1 Å². The first-order valence-electron chi connectivity index (χ1n) is 11.2. The number of carbonyl (C=O) groups is 2. The van der Waals surface area contributed by atoms with Crippen LogP contribution in [0.2, 0.25) is 0 Å². The second kappa shape index (κ2) is 9.30. The van der Waals surface area contributed by atoms with Crippen LogP contribution in [0.1, 0.15) is 31.8 Å². The summed E-state index contributed by atoms with van der Waals surface area (Å²) in [4.78, 5) is 31.8. The number of hydrogen-bond acceptors (Lipinski definition) is 5. The summed E-state index contributed by atoms with van der Waals surface area (Å²) in [6.07, 6.45) is 1.76. The molecule has 0 bridgehead atoms. The molecule has 174 valence electrons. The number of carbonyl (C=O) groups excluding carboxylic acids is 2. The van der Waals surface area contributed by atoms with Crippen LogP contribution in [-0.2, 0) is 13.1 Å². The van der Waals surface area contributed by atoms with E-state index in [-0.39, 0.29) is 11.8 Å². The number of benzene rings is 3. The molecule has 1 aromatic heterocycles. The van der Waals surface area contributed by atoms with Crippen LogP contribution in [-0.4, -0.2) is 28.8 Å². The van der Waals surface area contributed by atoms with Crippen LogP contribution in [0.5, 0.6) is 5.88 Å². The van der Waals surface area contributed by atoms with Crippen molar-refractivity contribution in [3.05, 3.63) is 107 Å². The Hall–Kier alpha value is -4.65. The average Bonchev–Trinajstić information content (AvgIpc) is 3.21. The van der Waals surface area contributed by atoms with E-state index in [9.17, 15) is 9.59 Å². The van der Waals surface area contributed by atoms with Crippen molar-refractivity contribution in [2.24, 2.45) is 0 Å². The zero-order valence-corrected chi connectivity index (χ0v) is 19.2. The Balaban J connectivity index is 1.30. The molecule has 3 N–H and O–H groups in total. The Kier molecular flexibility index (Phi) is 5.89. The fourth-order valence-corrected chi connectivity index (χ4v) is 4.24. The number of anilines is 2. The van der Waals surface area contributed by atoms with E-state index in [1.54, 1.807) is 37.6 Å². The van der Waals surface area contributed by atoms with Crippen molar-refractivity contribution in [3.63, 3.8) is 0 Å². The number of nitrogens with one attached hydrogen (secondary N) is 1. The van der Waals surface area contributed by atoms with Gasteiger partial charge in [0.15, 0.2) is 0 Å². The van der Waals surface area contributed by atoms with Gasteiger partial charge in [0.05, 0.1) is 18.5 Å². The van der Waals surface area contributed by atoms with Gasteiger partial charge < -0.3 is 20.7 Å². The summed E-state index contributed by atoms with van der Waals surface area (Å²) in [6, 6.07) is 23.9. The molecule has 3 aromatic carbocycles. The largest absolute Gasteiger partial charge is 0.481 e. The third-order valence-electron chi connectivity index (χ3n) is 6.10. The number of nitrogen functional groups attached to an aromatic ring is 1. The third kappa shape index (κ3) is 4.44. The lowest BCUT2D eigenvalue weighted by atomic mass is 9.98. The molecule has 0 aliphatic carbocycles. The molecule has 2 amide bonds. The molecule has 7 nitrogen and oxygen atoms in total. The minimum absolute atomic E-state index is 0.00954. The summed E-state index contributed by atoms with van der Waals surface area (Å²) < 4.78 is 5.15. The Morgan fingerprint density at radius 1 is 1.00 bits per heavy atom. The van der Waals surface area contributed by atoms with Gasteiger partial charge in [-0.15, -0.1) is 0 Å². The van der Waals surface area contributed by atoms with Gasteiger partial charge in [-0.2, -0.15) is 0 Å². The molecule has 0 spiro atoms. The van der Waals surface area contributed by atoms with Crippen LogP contribution >= 0.6 is 0 Å². The lowest BCUT2D eigenvalue weighted by molar-refractivity contribution is 0.0766. The topological polar surface area (TPSA) is 97.5 Å². The predicted molar refractivity (Wildman–Crippen MR) is 135 cm³/mol. The SMILES string of the molecule is COc1ccc(-c2cccc3c2CN(Cc2ccc(C(=O)Nc4ccccc4N)cc2)C3=O)cn1. The number of rotatable bonds is 6. The van der Waals surface area contributed by atoms with Crippen molar-refractivity contribution >= 4 is 23.2 Å². The number of amides is 2. The number of nitrogens with zero attached hydrogens (tertiary/aromatic N) is 2. The quantitative estimate of drug-likeness (QED) is 0.402. The van der Waals surface area contributed by atoms with Crippen molar-refractivity contribution in [1.29, 1.82) is 0 Å². The number of hydrogen-bond donors (Lipinski definition) is 2. The zero-order valence-electron chi connectivity index (χ0n) is 19.2. The van der Waals surface area contributed by atoms with Crippen LogP contribution in [0.25, 0.3) is 11.1 Å². The molecule has 35 heavy (non-hydrogen) atoms. The molecular formula is C28H24N4O3. The molecule has 0 fully saturated rings. The maximum absolute atomic E-state index is 13.1. The maximum atomic E-state index is 13.1. The molecule has 0 saturated heterocycles. The van der Waals surface area contributed by atoms with Gasteiger partial charge in [0.25, 0.3) is 11.8 Å². The van der Waals surface area contributed by atoms with E-state index in [2.05, 4.69) is 10.3 Å². The molecule has 0 unspecified atom stereocenters. The van der Waals surface area contributed by atoms with E-state index in [1.807, 2.05) is 59.5 Å². The van der Waals surface area contributed by atoms with E-state index < -0.39 is 0 Å². The number of pyridine rings is 1. The second-order valence-electron chi connectivity index (χ2n) is 8.32. The van der Waals surface area contributed by atoms with Crippen molar-refractivity contribution in [3.8, 4) is 17.0 Å². The molecule has 7 heteroatoms. The summed E-state index contributed by atoms with van der Waals surface area (Å²) in [6.45, 7) is 0.952. The highest BCUT2D eigenvalue weighted by atomic mass is 16.5. The van der Waals surface area contributed by atoms with Crippen molar-refractivity contribution in [2.75, 3.05) is 18.2 Å². The van der Waals surface area contributed by atoms with Crippen LogP contribution in [0.15, 0.2) is 85.1 Å². The fourth-order valence-electron chi connectivity index (χ4n) is 4.24. The lowest BCUT2D eigenvalue weighted by Gasteiger charge is -2.16. The number of fused-ring (bicyclic) bond motifs is 1. The molecule has 2 heterocycles. The van der Waals surface area contributed by atoms with Gasteiger partial charge in [-0.25, -0.2) is 4.98 Å². The minimum atomic E-state index is -0.239. The molecule has 4 aromatic rings. The standard InChI is InChI=1S/C28H24N4O3/c1-35-26-14-13-20(15-30-26)21-5-4-6-22-23(21)17-32(28(22)34)16-18-9-11-19(12-10-18)27(33)31-25-8-3-2-7-24(25)29/h2-15H,16-17,29H2,1H3,(H,31,33). The average molecular weight is 465 g/mol. The van der Waals surface area contributed by atoms with Crippen molar-refractivity contribution in [2.45, 2.75) is 13.1 Å². The minimum Gasteiger partial charge on any atom is -0.481 e. The summed E-state index contributed by atoms with van der Waals surface area (Å²) >= 11 is 0. The van der Waals surface area contributed by atoms with Crippen molar-refractivity contribution in [1.82, 2.24) is 9.88 Å². The van der Waals surface area contributed by atoms with Gasteiger partial charge >= 0.3 is 0 Å². The highest BCUT2D eigenvalue weighted by Gasteiger charge is 2.29. The van der Waals surface area contributed by atoms with Crippen LogP contribution in [0.3, 0.4) is 0 Å². The highest BCUT2D eigenvalue weighted by Crippen LogP contribution is 2.33. The number of nitrogens with two attached hydrogens (primary N) is 1. The Morgan fingerprint density at radius 3 is 2.49 bits per heavy atom. The molecule has 1 aliphatic heterocycles. The first kappa shape index (κ1) is 22.2. The monoisotopic (exact) mass is 464 g/mol. The molecular weight excluding hydrogens is 440 g/mol. The third-order valence-corrected chi connectivity index (χ3v) is 6.10. The number of ether oxygens (including phenoxy) is 1. The lowest BCUT2D eigenvalue weighted by Crippen LogP contribution is -2.23. The van der Waals surface area contributed by atoms with Gasteiger partial charge in [-0.1, -0.05) is 36.4 Å². The number of methoxy groups -OCH3 is 1. The summed E-state index contributed by atoms with van der Waals surface area (Å²) in [5.41, 5.74) is 12.1. The van der Waals surface area contributed by atoms with E-state index in [0.29, 0.717) is 41.5 Å².